The van der Waals surface area contributed by atoms with Crippen LogP contribution in [0.4, 0.5) is 0 Å². The van der Waals surface area contributed by atoms with Crippen LogP contribution in [0, 0.1) is 11.8 Å². The van der Waals surface area contributed by atoms with E-state index < -0.39 is 16.6 Å². The van der Waals surface area contributed by atoms with Crippen LogP contribution in [0.5, 0.6) is 0 Å². The molecule has 2 rings (SSSR count). The van der Waals surface area contributed by atoms with E-state index in [1.807, 2.05) is 36.5 Å². The van der Waals surface area contributed by atoms with Crippen LogP contribution in [-0.4, -0.2) is 16.6 Å². The SMILES string of the molecule is C=CC[Si](CC=C)(CC=C)OC(c1ccccc1)C(CCC(C)C)C(O[Si](CC=C)(CC=C)CC=C)c1ccccc1. The lowest BCUT2D eigenvalue weighted by Crippen LogP contribution is -2.44. The quantitative estimate of drug-likeness (QED) is 0.0935. The first-order valence-corrected chi connectivity index (χ1v) is 20.5. The van der Waals surface area contributed by atoms with Gasteiger partial charge in [0.1, 0.15) is 0 Å². The van der Waals surface area contributed by atoms with Gasteiger partial charge in [-0.3, -0.25) is 0 Å². The molecule has 2 aromatic rings. The lowest BCUT2D eigenvalue weighted by Gasteiger charge is -2.43. The lowest BCUT2D eigenvalue weighted by atomic mass is 9.82. The molecule has 2 atom stereocenters. The van der Waals surface area contributed by atoms with Crippen molar-refractivity contribution in [1.82, 2.24) is 0 Å². The van der Waals surface area contributed by atoms with Gasteiger partial charge >= 0.3 is 0 Å². The van der Waals surface area contributed by atoms with Gasteiger partial charge in [0, 0.05) is 5.92 Å². The number of hydrogen-bond acceptors (Lipinski definition) is 2. The molecule has 0 aliphatic carbocycles. The van der Waals surface area contributed by atoms with Crippen LogP contribution in [0.25, 0.3) is 0 Å². The fourth-order valence-corrected chi connectivity index (χ4v) is 12.4. The van der Waals surface area contributed by atoms with Gasteiger partial charge in [-0.25, -0.2) is 0 Å². The Labute approximate surface area is 259 Å². The highest BCUT2D eigenvalue weighted by Crippen LogP contribution is 2.46. The van der Waals surface area contributed by atoms with Crippen molar-refractivity contribution in [2.24, 2.45) is 11.8 Å². The maximum atomic E-state index is 7.54. The van der Waals surface area contributed by atoms with Gasteiger partial charge in [-0.1, -0.05) is 117 Å². The normalized spacial score (nSPS) is 14.0. The highest BCUT2D eigenvalue weighted by atomic mass is 28.4. The maximum absolute atomic E-state index is 7.54. The Kier molecular flexibility index (Phi) is 15.8. The van der Waals surface area contributed by atoms with E-state index in [0.717, 1.165) is 49.1 Å². The van der Waals surface area contributed by atoms with E-state index in [1.54, 1.807) is 0 Å². The summed E-state index contributed by atoms with van der Waals surface area (Å²) in [6.45, 7) is 29.4. The molecule has 2 unspecified atom stereocenters. The zero-order valence-electron chi connectivity index (χ0n) is 26.3. The summed E-state index contributed by atoms with van der Waals surface area (Å²) in [4.78, 5) is 0. The van der Waals surface area contributed by atoms with E-state index in [-0.39, 0.29) is 18.1 Å². The summed E-state index contributed by atoms with van der Waals surface area (Å²) in [5.74, 6) is 0.628. The molecule has 0 bridgehead atoms. The predicted octanol–water partition coefficient (Wildman–Crippen LogP) is 11.6. The molecule has 0 fully saturated rings. The maximum Gasteiger partial charge on any atom is 0.204 e. The third-order valence-corrected chi connectivity index (χ3v) is 15.7. The molecule has 2 nitrogen and oxygen atoms in total. The van der Waals surface area contributed by atoms with Crippen molar-refractivity contribution >= 4 is 16.6 Å². The average molecular weight is 599 g/mol. The molecule has 0 radical (unpaired) electrons. The third-order valence-electron chi connectivity index (χ3n) is 7.96. The van der Waals surface area contributed by atoms with Gasteiger partial charge in [-0.05, 0) is 59.7 Å². The Hall–Kier alpha value is -2.77. The van der Waals surface area contributed by atoms with Crippen LogP contribution in [-0.2, 0) is 8.85 Å². The van der Waals surface area contributed by atoms with E-state index in [2.05, 4.69) is 114 Å². The zero-order chi connectivity index (χ0) is 30.8. The minimum atomic E-state index is -2.36. The molecule has 0 saturated carbocycles. The molecular formula is C38H54O2Si2. The summed E-state index contributed by atoms with van der Waals surface area (Å²) in [5.41, 5.74) is 2.38. The molecule has 0 amide bonds. The Morgan fingerprint density at radius 3 is 1.10 bits per heavy atom. The molecule has 0 aromatic heterocycles. The van der Waals surface area contributed by atoms with Crippen molar-refractivity contribution in [3.8, 4) is 0 Å². The van der Waals surface area contributed by atoms with Gasteiger partial charge in [-0.15, -0.1) is 39.5 Å². The Balaban J connectivity index is 2.85. The second-order valence-corrected chi connectivity index (χ2v) is 19.5. The molecular weight excluding hydrogens is 545 g/mol. The van der Waals surface area contributed by atoms with Crippen LogP contribution in [0.1, 0.15) is 50.0 Å². The molecule has 2 aromatic carbocycles. The van der Waals surface area contributed by atoms with Crippen molar-refractivity contribution < 1.29 is 8.85 Å². The lowest BCUT2D eigenvalue weighted by molar-refractivity contribution is 0.0194. The fraction of sp³-hybridized carbons (Fsp3) is 0.368. The Morgan fingerprint density at radius 1 is 0.524 bits per heavy atom. The number of benzene rings is 2. The van der Waals surface area contributed by atoms with E-state index in [1.165, 1.54) is 11.1 Å². The summed E-state index contributed by atoms with van der Waals surface area (Å²) >= 11 is 0. The van der Waals surface area contributed by atoms with Crippen LogP contribution in [0.2, 0.25) is 36.3 Å². The van der Waals surface area contributed by atoms with Gasteiger partial charge in [0.25, 0.3) is 0 Å². The number of rotatable bonds is 23. The van der Waals surface area contributed by atoms with Crippen LogP contribution < -0.4 is 0 Å². The van der Waals surface area contributed by atoms with Crippen molar-refractivity contribution in [2.45, 2.75) is 75.2 Å². The minimum absolute atomic E-state index is 0.0786. The van der Waals surface area contributed by atoms with Gasteiger partial charge in [-0.2, -0.15) is 0 Å². The summed E-state index contributed by atoms with van der Waals surface area (Å²) in [5, 5.41) is 0. The van der Waals surface area contributed by atoms with Gasteiger partial charge < -0.3 is 8.85 Å². The molecule has 42 heavy (non-hydrogen) atoms. The highest BCUT2D eigenvalue weighted by Gasteiger charge is 2.43. The molecule has 0 aliphatic heterocycles. The van der Waals surface area contributed by atoms with Crippen LogP contribution in [0.3, 0.4) is 0 Å². The average Bonchev–Trinajstić information content (AvgIpc) is 2.97. The molecule has 0 saturated heterocycles. The first-order valence-electron chi connectivity index (χ1n) is 15.4. The predicted molar refractivity (Wildman–Crippen MR) is 190 cm³/mol. The van der Waals surface area contributed by atoms with Gasteiger partial charge in [0.15, 0.2) is 0 Å². The van der Waals surface area contributed by atoms with Crippen molar-refractivity contribution in [2.75, 3.05) is 0 Å². The topological polar surface area (TPSA) is 18.5 Å². The third kappa shape index (κ3) is 10.5. The summed E-state index contributed by atoms with van der Waals surface area (Å²) < 4.78 is 15.1. The molecule has 0 heterocycles. The first kappa shape index (κ1) is 35.4. The number of allylic oxidation sites excluding steroid dienone is 6. The molecule has 226 valence electrons. The summed E-state index contributed by atoms with van der Waals surface area (Å²) in [6, 6.07) is 26.5. The largest absolute Gasteiger partial charge is 0.409 e. The molecule has 0 aliphatic rings. The van der Waals surface area contributed by atoms with Crippen LogP contribution >= 0.6 is 0 Å². The summed E-state index contributed by atoms with van der Waals surface area (Å²) in [6.07, 6.45) is 13.8. The van der Waals surface area contributed by atoms with E-state index in [0.29, 0.717) is 5.92 Å². The minimum Gasteiger partial charge on any atom is -0.409 e. The van der Waals surface area contributed by atoms with Crippen molar-refractivity contribution in [1.29, 1.82) is 0 Å². The van der Waals surface area contributed by atoms with Gasteiger partial charge in [0.2, 0.25) is 16.6 Å². The van der Waals surface area contributed by atoms with Crippen molar-refractivity contribution in [3.63, 3.8) is 0 Å². The molecule has 0 N–H and O–H groups in total. The first-order chi connectivity index (χ1) is 20.3. The van der Waals surface area contributed by atoms with Gasteiger partial charge in [0.05, 0.1) is 12.2 Å². The molecule has 0 spiro atoms. The van der Waals surface area contributed by atoms with E-state index in [9.17, 15) is 0 Å². The standard InChI is InChI=1S/C38H54O2Si2/c1-9-27-41(28-10-2,29-11-3)39-37(34-21-17-15-18-22-34)36(26-25-33(7)8)38(35-23-19-16-20-24-35)40-42(30-12-4,31-13-5)32-14-6/h9-24,33,36-38H,1-6,25-32H2,7-8H3. The van der Waals surface area contributed by atoms with E-state index in [4.69, 9.17) is 8.85 Å². The molecule has 4 heteroatoms. The monoisotopic (exact) mass is 598 g/mol. The second-order valence-electron chi connectivity index (χ2n) is 11.9. The zero-order valence-corrected chi connectivity index (χ0v) is 28.3. The van der Waals surface area contributed by atoms with Crippen LogP contribution in [0.15, 0.2) is 137 Å². The summed E-state index contributed by atoms with van der Waals surface area (Å²) in [7, 11) is -4.72. The Morgan fingerprint density at radius 2 is 0.833 bits per heavy atom. The second kappa shape index (κ2) is 18.7. The smallest absolute Gasteiger partial charge is 0.204 e. The van der Waals surface area contributed by atoms with E-state index >= 15 is 0 Å². The van der Waals surface area contributed by atoms with Crippen molar-refractivity contribution in [3.05, 3.63) is 148 Å². The number of hydrogen-bond donors (Lipinski definition) is 0. The fourth-order valence-electron chi connectivity index (χ4n) is 5.98. The highest BCUT2D eigenvalue weighted by molar-refractivity contribution is 6.75. The Bertz CT molecular complexity index is 972.